The van der Waals surface area contributed by atoms with Crippen molar-refractivity contribution in [3.8, 4) is 0 Å². The molecule has 0 amide bonds. The van der Waals surface area contributed by atoms with Crippen LogP contribution in [0.5, 0.6) is 0 Å². The van der Waals surface area contributed by atoms with Crippen LogP contribution in [0.25, 0.3) is 0 Å². The summed E-state index contributed by atoms with van der Waals surface area (Å²) >= 11 is 0. The highest BCUT2D eigenvalue weighted by Crippen LogP contribution is 2.38. The Balaban J connectivity index is 1.66. The summed E-state index contributed by atoms with van der Waals surface area (Å²) in [5, 5.41) is 3.92. The maximum absolute atomic E-state index is 3.92. The van der Waals surface area contributed by atoms with Crippen LogP contribution >= 0.6 is 0 Å². The third-order valence-corrected chi connectivity index (χ3v) is 6.32. The predicted molar refractivity (Wildman–Crippen MR) is 90.6 cm³/mol. The van der Waals surface area contributed by atoms with E-state index in [9.17, 15) is 0 Å². The number of hydrogen-bond acceptors (Lipinski definition) is 2. The molecular weight excluding hydrogens is 256 g/mol. The molecule has 2 heteroatoms. The second-order valence-corrected chi connectivity index (χ2v) is 8.55. The van der Waals surface area contributed by atoms with Crippen molar-refractivity contribution in [2.24, 2.45) is 11.8 Å². The van der Waals surface area contributed by atoms with E-state index < -0.39 is 0 Å². The first-order valence-corrected chi connectivity index (χ1v) is 9.66. The molecule has 3 rings (SSSR count). The highest BCUT2D eigenvalue weighted by molar-refractivity contribution is 5.01. The van der Waals surface area contributed by atoms with Gasteiger partial charge in [0.1, 0.15) is 0 Å². The van der Waals surface area contributed by atoms with E-state index in [1.165, 1.54) is 83.8 Å². The SMILES string of the molecule is CC(C)CC1CN(CC2CCCC2)C2(CCCCC2)CN1. The van der Waals surface area contributed by atoms with Gasteiger partial charge in [-0.1, -0.05) is 46.0 Å². The lowest BCUT2D eigenvalue weighted by molar-refractivity contribution is -0.00374. The molecular formula is C19H36N2. The van der Waals surface area contributed by atoms with Crippen molar-refractivity contribution in [2.45, 2.75) is 89.6 Å². The maximum Gasteiger partial charge on any atom is 0.0334 e. The molecule has 1 aliphatic heterocycles. The monoisotopic (exact) mass is 292 g/mol. The van der Waals surface area contributed by atoms with Gasteiger partial charge in [-0.2, -0.15) is 0 Å². The molecule has 122 valence electrons. The predicted octanol–water partition coefficient (Wildman–Crippen LogP) is 4.20. The lowest BCUT2D eigenvalue weighted by Crippen LogP contribution is -2.66. The number of rotatable bonds is 4. The Morgan fingerprint density at radius 3 is 2.43 bits per heavy atom. The number of nitrogens with one attached hydrogen (secondary N) is 1. The first-order valence-electron chi connectivity index (χ1n) is 9.66. The summed E-state index contributed by atoms with van der Waals surface area (Å²) in [5.74, 6) is 1.82. The zero-order chi connectivity index (χ0) is 14.7. The van der Waals surface area contributed by atoms with Crippen molar-refractivity contribution in [1.82, 2.24) is 10.2 Å². The molecule has 1 N–H and O–H groups in total. The van der Waals surface area contributed by atoms with E-state index in [0.717, 1.165) is 17.9 Å². The first kappa shape index (κ1) is 15.8. The number of hydrogen-bond donors (Lipinski definition) is 1. The minimum atomic E-state index is 0.522. The van der Waals surface area contributed by atoms with Gasteiger partial charge >= 0.3 is 0 Å². The van der Waals surface area contributed by atoms with Gasteiger partial charge in [-0.3, -0.25) is 4.90 Å². The second kappa shape index (κ2) is 7.00. The van der Waals surface area contributed by atoms with Gasteiger partial charge in [0.25, 0.3) is 0 Å². The summed E-state index contributed by atoms with van der Waals surface area (Å²) in [7, 11) is 0. The third-order valence-electron chi connectivity index (χ3n) is 6.32. The molecule has 3 fully saturated rings. The Kier molecular flexibility index (Phi) is 5.27. The van der Waals surface area contributed by atoms with Gasteiger partial charge in [0.2, 0.25) is 0 Å². The summed E-state index contributed by atoms with van der Waals surface area (Å²) in [6, 6.07) is 0.735. The van der Waals surface area contributed by atoms with Gasteiger partial charge < -0.3 is 5.32 Å². The maximum atomic E-state index is 3.92. The van der Waals surface area contributed by atoms with Gasteiger partial charge in [-0.15, -0.1) is 0 Å². The normalized spacial score (nSPS) is 31.3. The number of nitrogens with zero attached hydrogens (tertiary/aromatic N) is 1. The molecule has 0 aromatic carbocycles. The molecule has 1 spiro atoms. The Morgan fingerprint density at radius 1 is 1.05 bits per heavy atom. The van der Waals surface area contributed by atoms with Crippen molar-refractivity contribution in [1.29, 1.82) is 0 Å². The average Bonchev–Trinajstić information content (AvgIpc) is 2.96. The quantitative estimate of drug-likeness (QED) is 0.835. The van der Waals surface area contributed by atoms with Crippen LogP contribution in [0.15, 0.2) is 0 Å². The lowest BCUT2D eigenvalue weighted by atomic mass is 9.77. The van der Waals surface area contributed by atoms with Crippen molar-refractivity contribution in [3.63, 3.8) is 0 Å². The van der Waals surface area contributed by atoms with Gasteiger partial charge in [0.05, 0.1) is 0 Å². The molecule has 1 saturated heterocycles. The van der Waals surface area contributed by atoms with Crippen LogP contribution in [0.2, 0.25) is 0 Å². The van der Waals surface area contributed by atoms with Crippen LogP contribution in [0.4, 0.5) is 0 Å². The van der Waals surface area contributed by atoms with Crippen molar-refractivity contribution in [2.75, 3.05) is 19.6 Å². The van der Waals surface area contributed by atoms with E-state index in [0.29, 0.717) is 5.54 Å². The van der Waals surface area contributed by atoms with Crippen LogP contribution in [0.3, 0.4) is 0 Å². The minimum absolute atomic E-state index is 0.522. The van der Waals surface area contributed by atoms with Crippen molar-refractivity contribution < 1.29 is 0 Å². The molecule has 3 aliphatic rings. The third kappa shape index (κ3) is 3.82. The van der Waals surface area contributed by atoms with Gasteiger partial charge in [0.15, 0.2) is 0 Å². The fraction of sp³-hybridized carbons (Fsp3) is 1.00. The Labute approximate surface area is 132 Å². The van der Waals surface area contributed by atoms with E-state index in [4.69, 9.17) is 0 Å². The Hall–Kier alpha value is -0.0800. The molecule has 1 heterocycles. The van der Waals surface area contributed by atoms with E-state index in [1.807, 2.05) is 0 Å². The molecule has 21 heavy (non-hydrogen) atoms. The van der Waals surface area contributed by atoms with Crippen LogP contribution in [-0.4, -0.2) is 36.1 Å². The highest BCUT2D eigenvalue weighted by Gasteiger charge is 2.42. The van der Waals surface area contributed by atoms with Gasteiger partial charge in [-0.25, -0.2) is 0 Å². The van der Waals surface area contributed by atoms with E-state index in [1.54, 1.807) is 0 Å². The van der Waals surface area contributed by atoms with Crippen molar-refractivity contribution in [3.05, 3.63) is 0 Å². The van der Waals surface area contributed by atoms with E-state index >= 15 is 0 Å². The Bertz CT molecular complexity index is 314. The first-order chi connectivity index (χ1) is 10.2. The van der Waals surface area contributed by atoms with E-state index in [2.05, 4.69) is 24.1 Å². The molecule has 2 nitrogen and oxygen atoms in total. The zero-order valence-corrected chi connectivity index (χ0v) is 14.4. The zero-order valence-electron chi connectivity index (χ0n) is 14.4. The summed E-state index contributed by atoms with van der Waals surface area (Å²) in [5.41, 5.74) is 0.522. The molecule has 1 unspecified atom stereocenters. The average molecular weight is 293 g/mol. The molecule has 0 radical (unpaired) electrons. The number of piperazine rings is 1. The molecule has 0 aromatic rings. The van der Waals surface area contributed by atoms with Gasteiger partial charge in [0, 0.05) is 31.2 Å². The van der Waals surface area contributed by atoms with Crippen LogP contribution in [0, 0.1) is 11.8 Å². The molecule has 1 atom stereocenters. The minimum Gasteiger partial charge on any atom is -0.311 e. The summed E-state index contributed by atoms with van der Waals surface area (Å²) in [4.78, 5) is 2.96. The topological polar surface area (TPSA) is 15.3 Å². The molecule has 0 aromatic heterocycles. The molecule has 2 saturated carbocycles. The largest absolute Gasteiger partial charge is 0.311 e. The standard InChI is InChI=1S/C19H36N2/c1-16(2)12-18-14-21(13-17-8-4-5-9-17)19(15-20-18)10-6-3-7-11-19/h16-18,20H,3-15H2,1-2H3. The fourth-order valence-electron chi connectivity index (χ4n) is 5.17. The van der Waals surface area contributed by atoms with E-state index in [-0.39, 0.29) is 0 Å². The summed E-state index contributed by atoms with van der Waals surface area (Å²) in [6.07, 6.45) is 14.6. The summed E-state index contributed by atoms with van der Waals surface area (Å²) in [6.45, 7) is 8.71. The molecule has 0 bridgehead atoms. The van der Waals surface area contributed by atoms with Gasteiger partial charge in [-0.05, 0) is 43.9 Å². The molecule has 2 aliphatic carbocycles. The fourth-order valence-corrected chi connectivity index (χ4v) is 5.17. The van der Waals surface area contributed by atoms with Crippen LogP contribution in [-0.2, 0) is 0 Å². The lowest BCUT2D eigenvalue weighted by Gasteiger charge is -2.53. The van der Waals surface area contributed by atoms with Crippen LogP contribution < -0.4 is 5.32 Å². The van der Waals surface area contributed by atoms with Crippen molar-refractivity contribution >= 4 is 0 Å². The second-order valence-electron chi connectivity index (χ2n) is 8.55. The highest BCUT2D eigenvalue weighted by atomic mass is 15.3. The van der Waals surface area contributed by atoms with Crippen LogP contribution in [0.1, 0.15) is 78.1 Å². The Morgan fingerprint density at radius 2 is 1.76 bits per heavy atom. The smallest absolute Gasteiger partial charge is 0.0334 e. The summed E-state index contributed by atoms with van der Waals surface area (Å²) < 4.78 is 0.